The number of hydrogen-bond donors (Lipinski definition) is 1. The van der Waals surface area contributed by atoms with Gasteiger partial charge in [-0.2, -0.15) is 0 Å². The molecule has 2 atom stereocenters. The Morgan fingerprint density at radius 2 is 1.87 bits per heavy atom. The van der Waals surface area contributed by atoms with E-state index in [4.69, 9.17) is 16.3 Å². The van der Waals surface area contributed by atoms with Crippen LogP contribution in [0.15, 0.2) is 48.7 Å². The molecule has 4 rings (SSSR count). The minimum Gasteiger partial charge on any atom is -0.388 e. The molecule has 30 heavy (non-hydrogen) atoms. The first-order chi connectivity index (χ1) is 14.4. The molecule has 0 spiro atoms. The van der Waals surface area contributed by atoms with Crippen molar-refractivity contribution in [3.63, 3.8) is 0 Å². The standard InChI is InChI=1S/C24H32ClN3O2/c1-24(2,29)22-16-28(21(17-30-22)15-18-6-8-19(25)9-7-18)20-10-13-27(14-11-20)23-5-3-4-12-26-23/h3-9,12,20-22,29H,10-11,13-17H2,1-2H3/t21-,22+/m0/s1. The van der Waals surface area contributed by atoms with Crippen LogP contribution in [0.25, 0.3) is 0 Å². The number of anilines is 1. The van der Waals surface area contributed by atoms with Crippen molar-refractivity contribution in [1.82, 2.24) is 9.88 Å². The second-order valence-corrected chi connectivity index (χ2v) is 9.50. The molecule has 2 aliphatic heterocycles. The minimum absolute atomic E-state index is 0.173. The molecule has 3 heterocycles. The van der Waals surface area contributed by atoms with Gasteiger partial charge in [0, 0.05) is 42.9 Å². The molecule has 2 fully saturated rings. The zero-order valence-electron chi connectivity index (χ0n) is 17.9. The number of rotatable bonds is 5. The lowest BCUT2D eigenvalue weighted by Gasteiger charge is -2.49. The average Bonchev–Trinajstić information content (AvgIpc) is 2.76. The van der Waals surface area contributed by atoms with Gasteiger partial charge in [-0.25, -0.2) is 4.98 Å². The normalized spacial score (nSPS) is 24.2. The average molecular weight is 430 g/mol. The molecule has 2 saturated heterocycles. The number of aromatic nitrogens is 1. The van der Waals surface area contributed by atoms with E-state index in [0.29, 0.717) is 18.7 Å². The molecule has 0 radical (unpaired) electrons. The Morgan fingerprint density at radius 3 is 2.50 bits per heavy atom. The van der Waals surface area contributed by atoms with Gasteiger partial charge in [0.05, 0.1) is 18.3 Å². The largest absolute Gasteiger partial charge is 0.388 e. The molecule has 2 aromatic rings. The molecule has 0 saturated carbocycles. The van der Waals surface area contributed by atoms with Crippen LogP contribution >= 0.6 is 11.6 Å². The van der Waals surface area contributed by atoms with Crippen molar-refractivity contribution in [3.05, 3.63) is 59.2 Å². The maximum Gasteiger partial charge on any atom is 0.128 e. The predicted molar refractivity (Wildman–Crippen MR) is 121 cm³/mol. The summed E-state index contributed by atoms with van der Waals surface area (Å²) in [7, 11) is 0. The lowest BCUT2D eigenvalue weighted by atomic mass is 9.92. The number of nitrogens with zero attached hydrogens (tertiary/aromatic N) is 3. The third-order valence-electron chi connectivity index (χ3n) is 6.41. The number of piperidine rings is 1. The highest BCUT2D eigenvalue weighted by molar-refractivity contribution is 6.30. The fraction of sp³-hybridized carbons (Fsp3) is 0.542. The van der Waals surface area contributed by atoms with Gasteiger partial charge in [0.1, 0.15) is 5.82 Å². The Labute approximate surface area is 184 Å². The lowest BCUT2D eigenvalue weighted by Crippen LogP contribution is -2.61. The number of ether oxygens (including phenoxy) is 1. The molecule has 1 aromatic heterocycles. The Morgan fingerprint density at radius 1 is 1.13 bits per heavy atom. The molecule has 0 bridgehead atoms. The summed E-state index contributed by atoms with van der Waals surface area (Å²) >= 11 is 6.07. The Kier molecular flexibility index (Phi) is 6.63. The quantitative estimate of drug-likeness (QED) is 0.783. The first kappa shape index (κ1) is 21.6. The zero-order valence-corrected chi connectivity index (χ0v) is 18.6. The van der Waals surface area contributed by atoms with E-state index in [0.717, 1.165) is 49.7 Å². The van der Waals surface area contributed by atoms with Crippen LogP contribution in [0.1, 0.15) is 32.3 Å². The summed E-state index contributed by atoms with van der Waals surface area (Å²) in [5.74, 6) is 1.06. The maximum atomic E-state index is 10.6. The Bertz CT molecular complexity index is 801. The van der Waals surface area contributed by atoms with E-state index in [2.05, 4.69) is 33.0 Å². The van der Waals surface area contributed by atoms with Crippen LogP contribution in [0.5, 0.6) is 0 Å². The highest BCUT2D eigenvalue weighted by Crippen LogP contribution is 2.29. The number of benzene rings is 1. The highest BCUT2D eigenvalue weighted by Gasteiger charge is 2.40. The van der Waals surface area contributed by atoms with Gasteiger partial charge >= 0.3 is 0 Å². The summed E-state index contributed by atoms with van der Waals surface area (Å²) in [5, 5.41) is 11.3. The van der Waals surface area contributed by atoms with Gasteiger partial charge in [0.2, 0.25) is 0 Å². The number of morpholine rings is 1. The summed E-state index contributed by atoms with van der Waals surface area (Å²) in [6.45, 7) is 7.09. The lowest BCUT2D eigenvalue weighted by molar-refractivity contribution is -0.154. The third-order valence-corrected chi connectivity index (χ3v) is 6.67. The van der Waals surface area contributed by atoms with E-state index >= 15 is 0 Å². The van der Waals surface area contributed by atoms with Crippen molar-refractivity contribution < 1.29 is 9.84 Å². The van der Waals surface area contributed by atoms with Crippen molar-refractivity contribution in [3.8, 4) is 0 Å². The first-order valence-corrected chi connectivity index (χ1v) is 11.3. The van der Waals surface area contributed by atoms with Crippen LogP contribution < -0.4 is 4.90 Å². The minimum atomic E-state index is -0.849. The number of aliphatic hydroxyl groups is 1. The molecule has 1 aromatic carbocycles. The Hall–Kier alpha value is -1.66. The van der Waals surface area contributed by atoms with E-state index in [9.17, 15) is 5.11 Å². The van der Waals surface area contributed by atoms with Gasteiger partial charge in [-0.05, 0) is 62.9 Å². The van der Waals surface area contributed by atoms with E-state index in [1.54, 1.807) is 0 Å². The topological polar surface area (TPSA) is 48.8 Å². The monoisotopic (exact) mass is 429 g/mol. The molecule has 1 N–H and O–H groups in total. The number of hydrogen-bond acceptors (Lipinski definition) is 5. The van der Waals surface area contributed by atoms with E-state index in [1.165, 1.54) is 5.56 Å². The second kappa shape index (κ2) is 9.23. The summed E-state index contributed by atoms with van der Waals surface area (Å²) in [6.07, 6.45) is 4.79. The van der Waals surface area contributed by atoms with Gasteiger partial charge in [-0.1, -0.05) is 29.8 Å². The summed E-state index contributed by atoms with van der Waals surface area (Å²) < 4.78 is 6.12. The molecule has 0 unspecified atom stereocenters. The van der Waals surface area contributed by atoms with Crippen molar-refractivity contribution in [2.75, 3.05) is 31.1 Å². The molecule has 162 valence electrons. The third kappa shape index (κ3) is 5.14. The number of halogens is 1. The van der Waals surface area contributed by atoms with Crippen LogP contribution in [0.2, 0.25) is 5.02 Å². The number of pyridine rings is 1. The summed E-state index contributed by atoms with van der Waals surface area (Å²) in [4.78, 5) is 9.48. The SMILES string of the molecule is CC(C)(O)[C@H]1CN(C2CCN(c3ccccn3)CC2)[C@@H](Cc2ccc(Cl)cc2)CO1. The summed E-state index contributed by atoms with van der Waals surface area (Å²) in [6, 6.07) is 15.0. The fourth-order valence-electron chi connectivity index (χ4n) is 4.63. The van der Waals surface area contributed by atoms with Crippen LogP contribution in [0.4, 0.5) is 5.82 Å². The fourth-order valence-corrected chi connectivity index (χ4v) is 4.75. The van der Waals surface area contributed by atoms with Gasteiger partial charge in [0.25, 0.3) is 0 Å². The van der Waals surface area contributed by atoms with Crippen LogP contribution in [0.3, 0.4) is 0 Å². The summed E-state index contributed by atoms with van der Waals surface area (Å²) in [5.41, 5.74) is 0.420. The van der Waals surface area contributed by atoms with Crippen molar-refractivity contribution in [2.45, 2.75) is 56.9 Å². The molecule has 5 nitrogen and oxygen atoms in total. The van der Waals surface area contributed by atoms with Crippen molar-refractivity contribution >= 4 is 17.4 Å². The van der Waals surface area contributed by atoms with Crippen molar-refractivity contribution in [1.29, 1.82) is 0 Å². The smallest absolute Gasteiger partial charge is 0.128 e. The maximum absolute atomic E-state index is 10.6. The second-order valence-electron chi connectivity index (χ2n) is 9.06. The molecule has 0 amide bonds. The van der Waals surface area contributed by atoms with Crippen LogP contribution in [0, 0.1) is 0 Å². The zero-order chi connectivity index (χ0) is 21.1. The van der Waals surface area contributed by atoms with Crippen molar-refractivity contribution in [2.24, 2.45) is 0 Å². The van der Waals surface area contributed by atoms with Gasteiger partial charge in [0.15, 0.2) is 0 Å². The predicted octanol–water partition coefficient (Wildman–Crippen LogP) is 3.79. The van der Waals surface area contributed by atoms with Crippen LogP contribution in [-0.2, 0) is 11.2 Å². The molecule has 0 aliphatic carbocycles. The van der Waals surface area contributed by atoms with E-state index in [-0.39, 0.29) is 6.10 Å². The highest BCUT2D eigenvalue weighted by atomic mass is 35.5. The van der Waals surface area contributed by atoms with E-state index < -0.39 is 5.60 Å². The molecule has 6 heteroatoms. The van der Waals surface area contributed by atoms with Gasteiger partial charge in [-0.3, -0.25) is 4.90 Å². The molecular formula is C24H32ClN3O2. The Balaban J connectivity index is 1.46. The van der Waals surface area contributed by atoms with Crippen LogP contribution in [-0.4, -0.2) is 65.0 Å². The van der Waals surface area contributed by atoms with E-state index in [1.807, 2.05) is 44.3 Å². The first-order valence-electron chi connectivity index (χ1n) is 10.9. The molecule has 2 aliphatic rings. The van der Waals surface area contributed by atoms with Gasteiger partial charge < -0.3 is 14.7 Å². The van der Waals surface area contributed by atoms with Gasteiger partial charge in [-0.15, -0.1) is 0 Å². The molecular weight excluding hydrogens is 398 g/mol.